The summed E-state index contributed by atoms with van der Waals surface area (Å²) >= 11 is 0. The van der Waals surface area contributed by atoms with Crippen molar-refractivity contribution in [3.8, 4) is 11.5 Å². The van der Waals surface area contributed by atoms with Gasteiger partial charge in [-0.1, -0.05) is 18.2 Å². The van der Waals surface area contributed by atoms with Crippen molar-refractivity contribution in [1.82, 2.24) is 9.80 Å². The number of methoxy groups -OCH3 is 1. The van der Waals surface area contributed by atoms with Crippen LogP contribution in [0.15, 0.2) is 71.3 Å². The van der Waals surface area contributed by atoms with Crippen LogP contribution in [0, 0.1) is 0 Å². The fraction of sp³-hybridized carbons (Fsp3) is 0.308. The quantitative estimate of drug-likeness (QED) is 0.524. The van der Waals surface area contributed by atoms with Crippen LogP contribution in [0.2, 0.25) is 0 Å². The summed E-state index contributed by atoms with van der Waals surface area (Å²) in [4.78, 5) is 29.0. The van der Waals surface area contributed by atoms with Crippen LogP contribution in [0.25, 0.3) is 0 Å². The Morgan fingerprint density at radius 3 is 2.47 bits per heavy atom. The summed E-state index contributed by atoms with van der Waals surface area (Å²) in [6.45, 7) is 3.98. The van der Waals surface area contributed by atoms with Crippen molar-refractivity contribution < 1.29 is 23.5 Å². The molecule has 0 unspecified atom stereocenters. The number of nitrogens with zero attached hydrogens (tertiary/aromatic N) is 2. The molecule has 8 heteroatoms. The molecule has 4 rings (SSSR count). The predicted octanol–water partition coefficient (Wildman–Crippen LogP) is 3.31. The molecule has 0 radical (unpaired) electrons. The number of ether oxygens (including phenoxy) is 2. The average Bonchev–Trinajstić information content (AvgIpc) is 3.42. The second-order valence-electron chi connectivity index (χ2n) is 8.07. The van der Waals surface area contributed by atoms with E-state index in [4.69, 9.17) is 13.9 Å². The third kappa shape index (κ3) is 6.39. The van der Waals surface area contributed by atoms with Gasteiger partial charge in [-0.05, 0) is 48.4 Å². The summed E-state index contributed by atoms with van der Waals surface area (Å²) in [5, 5.41) is 2.75. The Labute approximate surface area is 199 Å². The van der Waals surface area contributed by atoms with E-state index < -0.39 is 0 Å². The van der Waals surface area contributed by atoms with Gasteiger partial charge in [-0.15, -0.1) is 0 Å². The van der Waals surface area contributed by atoms with Crippen molar-refractivity contribution in [3.63, 3.8) is 0 Å². The largest absolute Gasteiger partial charge is 0.497 e. The van der Waals surface area contributed by atoms with Gasteiger partial charge in [0.1, 0.15) is 11.5 Å². The zero-order valence-electron chi connectivity index (χ0n) is 19.2. The molecule has 1 fully saturated rings. The summed E-state index contributed by atoms with van der Waals surface area (Å²) in [5.74, 6) is 1.22. The van der Waals surface area contributed by atoms with Crippen molar-refractivity contribution in [1.29, 1.82) is 0 Å². The van der Waals surface area contributed by atoms with Gasteiger partial charge in [-0.3, -0.25) is 14.5 Å². The van der Waals surface area contributed by atoms with Crippen LogP contribution in [0.5, 0.6) is 11.5 Å². The average molecular weight is 464 g/mol. The van der Waals surface area contributed by atoms with Crippen LogP contribution in [0.1, 0.15) is 16.1 Å². The number of hydrogen-bond acceptors (Lipinski definition) is 6. The molecule has 2 aromatic carbocycles. The number of rotatable bonds is 9. The molecule has 0 saturated carbocycles. The minimum atomic E-state index is -0.344. The maximum absolute atomic E-state index is 12.6. The summed E-state index contributed by atoms with van der Waals surface area (Å²) < 4.78 is 16.0. The van der Waals surface area contributed by atoms with Crippen LogP contribution >= 0.6 is 0 Å². The fourth-order valence-electron chi connectivity index (χ4n) is 3.80. The minimum Gasteiger partial charge on any atom is -0.497 e. The zero-order valence-corrected chi connectivity index (χ0v) is 19.2. The first-order valence-electron chi connectivity index (χ1n) is 11.3. The second kappa shape index (κ2) is 11.4. The summed E-state index contributed by atoms with van der Waals surface area (Å²) in [6, 6.07) is 18.3. The number of anilines is 1. The molecule has 1 aliphatic heterocycles. The summed E-state index contributed by atoms with van der Waals surface area (Å²) in [7, 11) is 1.67. The predicted molar refractivity (Wildman–Crippen MR) is 128 cm³/mol. The highest BCUT2D eigenvalue weighted by molar-refractivity contribution is 6.02. The van der Waals surface area contributed by atoms with Crippen LogP contribution < -0.4 is 14.8 Å². The van der Waals surface area contributed by atoms with Gasteiger partial charge in [-0.2, -0.15) is 0 Å². The molecule has 0 aliphatic carbocycles. The number of carbonyl (C=O) groups is 2. The number of nitrogens with one attached hydrogen (secondary N) is 1. The van der Waals surface area contributed by atoms with E-state index in [1.54, 1.807) is 43.5 Å². The molecule has 3 aromatic rings. The first kappa shape index (κ1) is 23.4. The second-order valence-corrected chi connectivity index (χ2v) is 8.07. The first-order valence-corrected chi connectivity index (χ1v) is 11.3. The third-order valence-corrected chi connectivity index (χ3v) is 5.80. The Bertz CT molecular complexity index is 1070. The number of furan rings is 1. The highest BCUT2D eigenvalue weighted by Gasteiger charge is 2.21. The molecule has 0 spiro atoms. The van der Waals surface area contributed by atoms with Crippen molar-refractivity contribution in [2.24, 2.45) is 0 Å². The third-order valence-electron chi connectivity index (χ3n) is 5.80. The van der Waals surface area contributed by atoms with E-state index >= 15 is 0 Å². The highest BCUT2D eigenvalue weighted by atomic mass is 16.5. The monoisotopic (exact) mass is 463 g/mol. The smallest absolute Gasteiger partial charge is 0.291 e. The maximum atomic E-state index is 12.6. The maximum Gasteiger partial charge on any atom is 0.291 e. The summed E-state index contributed by atoms with van der Waals surface area (Å²) in [6.07, 6.45) is 2.41. The van der Waals surface area contributed by atoms with E-state index in [-0.39, 0.29) is 24.2 Å². The van der Waals surface area contributed by atoms with E-state index in [1.807, 2.05) is 17.0 Å². The topological polar surface area (TPSA) is 84.3 Å². The lowest BCUT2D eigenvalue weighted by Crippen LogP contribution is -2.50. The number of benzene rings is 2. The Morgan fingerprint density at radius 2 is 1.76 bits per heavy atom. The normalized spacial score (nSPS) is 14.0. The van der Waals surface area contributed by atoms with E-state index in [0.29, 0.717) is 24.5 Å². The van der Waals surface area contributed by atoms with Gasteiger partial charge in [0.25, 0.3) is 11.8 Å². The van der Waals surface area contributed by atoms with Crippen LogP contribution in [-0.2, 0) is 11.2 Å². The molecule has 1 saturated heterocycles. The number of piperazine rings is 1. The van der Waals surface area contributed by atoms with E-state index in [0.717, 1.165) is 31.8 Å². The molecule has 0 atom stereocenters. The fourth-order valence-corrected chi connectivity index (χ4v) is 3.80. The summed E-state index contributed by atoms with van der Waals surface area (Å²) in [5.41, 5.74) is 1.84. The van der Waals surface area contributed by atoms with Gasteiger partial charge in [0, 0.05) is 44.5 Å². The number of carbonyl (C=O) groups excluding carboxylic acids is 2. The van der Waals surface area contributed by atoms with E-state index in [9.17, 15) is 9.59 Å². The van der Waals surface area contributed by atoms with E-state index in [2.05, 4.69) is 22.3 Å². The molecule has 178 valence electrons. The lowest BCUT2D eigenvalue weighted by Gasteiger charge is -2.34. The number of hydrogen-bond donors (Lipinski definition) is 1. The van der Waals surface area contributed by atoms with Gasteiger partial charge in [-0.25, -0.2) is 0 Å². The van der Waals surface area contributed by atoms with Crippen molar-refractivity contribution in [2.75, 3.05) is 51.8 Å². The van der Waals surface area contributed by atoms with Gasteiger partial charge >= 0.3 is 0 Å². The Balaban J connectivity index is 1.19. The number of amides is 2. The lowest BCUT2D eigenvalue weighted by atomic mass is 10.1. The minimum absolute atomic E-state index is 0.0402. The molecule has 1 N–H and O–H groups in total. The zero-order chi connectivity index (χ0) is 23.8. The molecule has 8 nitrogen and oxygen atoms in total. The molecule has 0 bridgehead atoms. The molecule has 1 aliphatic rings. The van der Waals surface area contributed by atoms with Gasteiger partial charge in [0.2, 0.25) is 0 Å². The van der Waals surface area contributed by atoms with Crippen molar-refractivity contribution in [3.05, 3.63) is 78.3 Å². The lowest BCUT2D eigenvalue weighted by molar-refractivity contribution is -0.135. The van der Waals surface area contributed by atoms with Gasteiger partial charge < -0.3 is 24.1 Å². The van der Waals surface area contributed by atoms with Crippen LogP contribution in [0.3, 0.4) is 0 Å². The van der Waals surface area contributed by atoms with Crippen molar-refractivity contribution >= 4 is 17.5 Å². The SMILES string of the molecule is COc1ccc(CCN2CCN(C(=O)COc3cccc(NC(=O)c4ccco4)c3)CC2)cc1. The highest BCUT2D eigenvalue weighted by Crippen LogP contribution is 2.19. The Hall–Kier alpha value is -3.78. The molecule has 2 heterocycles. The van der Waals surface area contributed by atoms with Gasteiger partial charge in [0.05, 0.1) is 13.4 Å². The Kier molecular flexibility index (Phi) is 7.83. The van der Waals surface area contributed by atoms with Gasteiger partial charge in [0.15, 0.2) is 12.4 Å². The Morgan fingerprint density at radius 1 is 0.971 bits per heavy atom. The molecule has 34 heavy (non-hydrogen) atoms. The van der Waals surface area contributed by atoms with Crippen molar-refractivity contribution in [2.45, 2.75) is 6.42 Å². The molecular weight excluding hydrogens is 434 g/mol. The van der Waals surface area contributed by atoms with Crippen LogP contribution in [0.4, 0.5) is 5.69 Å². The molecular formula is C26H29N3O5. The van der Waals surface area contributed by atoms with Crippen LogP contribution in [-0.4, -0.2) is 68.1 Å². The first-order chi connectivity index (χ1) is 16.6. The standard InChI is InChI=1S/C26H29N3O5/c1-32-22-9-7-20(8-10-22)11-12-28-13-15-29(16-14-28)25(30)19-34-23-5-2-4-21(18-23)27-26(31)24-6-3-17-33-24/h2-10,17-18H,11-16,19H2,1H3,(H,27,31). The van der Waals surface area contributed by atoms with E-state index in [1.165, 1.54) is 11.8 Å². The molecule has 2 amide bonds. The molecule has 1 aromatic heterocycles.